The number of hydrogen-bond acceptors (Lipinski definition) is 6. The standard InChI is InChI=1S/C23H30N4O3.C2H6/c1-15-7-4-8-16(2)19(15)12-11-18-9-5-10-20(22(18)29)26-27-21(17(3)24)23(30)25-13-6-14-28;1-2/h4-5,7-10,24,26,28-29H,6,11-14H2,1-3H3,(H,25,30);1-2H3/b24-17?,27-21-;. The van der Waals surface area contributed by atoms with E-state index in [1.54, 1.807) is 6.07 Å². The molecule has 0 atom stereocenters. The monoisotopic (exact) mass is 440 g/mol. The molecule has 0 aliphatic rings. The molecule has 0 bridgehead atoms. The van der Waals surface area contributed by atoms with Crippen molar-refractivity contribution in [2.24, 2.45) is 5.10 Å². The molecule has 7 heteroatoms. The molecule has 2 aromatic carbocycles. The molecule has 0 fully saturated rings. The summed E-state index contributed by atoms with van der Waals surface area (Å²) in [7, 11) is 0. The molecular formula is C25H36N4O3. The molecule has 2 aromatic rings. The lowest BCUT2D eigenvalue weighted by Gasteiger charge is -2.13. The SMILES string of the molecule is CC.CC(=N)/C(=N/Nc1cccc(CCc2c(C)cccc2C)c1O)C(=O)NCCCO. The Morgan fingerprint density at radius 1 is 1.06 bits per heavy atom. The third-order valence-corrected chi connectivity index (χ3v) is 4.89. The zero-order chi connectivity index (χ0) is 24.1. The molecule has 1 amide bonds. The number of aliphatic hydroxyl groups excluding tert-OH is 1. The minimum Gasteiger partial charge on any atom is -0.505 e. The van der Waals surface area contributed by atoms with Gasteiger partial charge >= 0.3 is 0 Å². The first-order valence-electron chi connectivity index (χ1n) is 11.0. The number of benzene rings is 2. The van der Waals surface area contributed by atoms with Crippen LogP contribution in [0.15, 0.2) is 41.5 Å². The summed E-state index contributed by atoms with van der Waals surface area (Å²) in [6.45, 7) is 9.90. The quantitative estimate of drug-likeness (QED) is 0.165. The molecular weight excluding hydrogens is 404 g/mol. The van der Waals surface area contributed by atoms with Gasteiger partial charge < -0.3 is 20.9 Å². The van der Waals surface area contributed by atoms with Gasteiger partial charge in [-0.2, -0.15) is 5.10 Å². The van der Waals surface area contributed by atoms with E-state index in [-0.39, 0.29) is 23.8 Å². The number of rotatable bonds is 10. The fourth-order valence-electron chi connectivity index (χ4n) is 3.17. The lowest BCUT2D eigenvalue weighted by molar-refractivity contribution is -0.114. The van der Waals surface area contributed by atoms with Gasteiger partial charge in [-0.3, -0.25) is 10.2 Å². The summed E-state index contributed by atoms with van der Waals surface area (Å²) < 4.78 is 0. The second kappa shape index (κ2) is 14.0. The van der Waals surface area contributed by atoms with E-state index in [9.17, 15) is 9.90 Å². The number of aliphatic hydroxyl groups is 1. The third-order valence-electron chi connectivity index (χ3n) is 4.89. The molecule has 0 saturated heterocycles. The molecule has 2 rings (SSSR count). The van der Waals surface area contributed by atoms with Crippen molar-refractivity contribution >= 4 is 23.0 Å². The van der Waals surface area contributed by atoms with Gasteiger partial charge in [0, 0.05) is 13.2 Å². The molecule has 174 valence electrons. The zero-order valence-electron chi connectivity index (χ0n) is 19.7. The van der Waals surface area contributed by atoms with E-state index in [1.165, 1.54) is 23.6 Å². The topological polar surface area (TPSA) is 118 Å². The average molecular weight is 441 g/mol. The van der Waals surface area contributed by atoms with Crippen LogP contribution >= 0.6 is 0 Å². The van der Waals surface area contributed by atoms with Crippen LogP contribution < -0.4 is 10.7 Å². The lowest BCUT2D eigenvalue weighted by Crippen LogP contribution is -2.36. The Balaban J connectivity index is 0.00000249. The molecule has 5 N–H and O–H groups in total. The molecule has 7 nitrogen and oxygen atoms in total. The van der Waals surface area contributed by atoms with Crippen molar-refractivity contribution in [3.05, 3.63) is 58.7 Å². The molecule has 0 spiro atoms. The second-order valence-electron chi connectivity index (χ2n) is 7.21. The van der Waals surface area contributed by atoms with Gasteiger partial charge in [0.25, 0.3) is 5.91 Å². The summed E-state index contributed by atoms with van der Waals surface area (Å²) in [5.74, 6) is -0.427. The Kier molecular flexibility index (Phi) is 11.7. The van der Waals surface area contributed by atoms with Crippen molar-refractivity contribution < 1.29 is 15.0 Å². The number of nitrogens with zero attached hydrogens (tertiary/aromatic N) is 1. The maximum absolute atomic E-state index is 12.2. The van der Waals surface area contributed by atoms with E-state index in [4.69, 9.17) is 10.5 Å². The van der Waals surface area contributed by atoms with E-state index in [2.05, 4.69) is 41.8 Å². The molecule has 0 aliphatic carbocycles. The predicted molar refractivity (Wildman–Crippen MR) is 132 cm³/mol. The first-order chi connectivity index (χ1) is 15.3. The molecule has 0 heterocycles. The highest BCUT2D eigenvalue weighted by molar-refractivity contribution is 6.66. The van der Waals surface area contributed by atoms with Gasteiger partial charge in [-0.05, 0) is 68.4 Å². The number of carbonyl (C=O) groups is 1. The largest absolute Gasteiger partial charge is 0.505 e. The molecule has 0 aliphatic heterocycles. The van der Waals surface area contributed by atoms with Crippen LogP contribution in [0.25, 0.3) is 0 Å². The Labute approximate surface area is 191 Å². The van der Waals surface area contributed by atoms with Crippen LogP contribution in [0.4, 0.5) is 5.69 Å². The number of nitrogens with one attached hydrogen (secondary N) is 3. The summed E-state index contributed by atoms with van der Waals surface area (Å²) in [5, 5.41) is 33.9. The summed E-state index contributed by atoms with van der Waals surface area (Å²) in [6.07, 6.45) is 1.89. The Hall–Kier alpha value is -3.19. The highest BCUT2D eigenvalue weighted by atomic mass is 16.3. The Morgan fingerprint density at radius 2 is 1.69 bits per heavy atom. The maximum atomic E-state index is 12.2. The van der Waals surface area contributed by atoms with Crippen LogP contribution in [0.2, 0.25) is 0 Å². The number of hydrazone groups is 1. The van der Waals surface area contributed by atoms with Gasteiger partial charge in [0.1, 0.15) is 5.75 Å². The van der Waals surface area contributed by atoms with Crippen LogP contribution in [0.1, 0.15) is 49.4 Å². The molecule has 0 aromatic heterocycles. The number of phenolic OH excluding ortho intramolecular Hbond substituents is 1. The number of carbonyl (C=O) groups excluding carboxylic acids is 1. The fourth-order valence-corrected chi connectivity index (χ4v) is 3.17. The number of hydrogen-bond donors (Lipinski definition) is 5. The molecule has 0 unspecified atom stereocenters. The summed E-state index contributed by atoms with van der Waals surface area (Å²) >= 11 is 0. The lowest BCUT2D eigenvalue weighted by atomic mass is 9.96. The fraction of sp³-hybridized carbons (Fsp3) is 0.400. The summed E-state index contributed by atoms with van der Waals surface area (Å²) in [5.41, 5.74) is 7.51. The zero-order valence-corrected chi connectivity index (χ0v) is 19.7. The van der Waals surface area contributed by atoms with Gasteiger partial charge in [0.15, 0.2) is 5.71 Å². The first-order valence-corrected chi connectivity index (χ1v) is 11.0. The van der Waals surface area contributed by atoms with E-state index in [0.29, 0.717) is 25.1 Å². The normalized spacial score (nSPS) is 10.8. The van der Waals surface area contributed by atoms with E-state index < -0.39 is 5.91 Å². The minimum absolute atomic E-state index is 0.00493. The summed E-state index contributed by atoms with van der Waals surface area (Å²) in [6, 6.07) is 11.6. The number of aryl methyl sites for hydroxylation is 3. The van der Waals surface area contributed by atoms with Crippen molar-refractivity contribution in [3.8, 4) is 5.75 Å². The maximum Gasteiger partial charge on any atom is 0.273 e. The van der Waals surface area contributed by atoms with Gasteiger partial charge in [0.05, 0.1) is 11.4 Å². The van der Waals surface area contributed by atoms with Gasteiger partial charge in [-0.25, -0.2) is 0 Å². The van der Waals surface area contributed by atoms with Crippen molar-refractivity contribution in [3.63, 3.8) is 0 Å². The number of aromatic hydroxyl groups is 1. The Morgan fingerprint density at radius 3 is 2.28 bits per heavy atom. The van der Waals surface area contributed by atoms with Crippen molar-refractivity contribution in [1.82, 2.24) is 5.32 Å². The smallest absolute Gasteiger partial charge is 0.273 e. The van der Waals surface area contributed by atoms with Crippen molar-refractivity contribution in [1.29, 1.82) is 5.41 Å². The van der Waals surface area contributed by atoms with E-state index in [1.807, 2.05) is 32.0 Å². The van der Waals surface area contributed by atoms with Crippen LogP contribution in [0.5, 0.6) is 5.75 Å². The Bertz CT molecular complexity index is 919. The van der Waals surface area contributed by atoms with E-state index in [0.717, 1.165) is 12.0 Å². The third kappa shape index (κ3) is 7.81. The second-order valence-corrected chi connectivity index (χ2v) is 7.21. The molecule has 32 heavy (non-hydrogen) atoms. The van der Waals surface area contributed by atoms with Crippen LogP contribution in [0, 0.1) is 19.3 Å². The number of phenols is 1. The van der Waals surface area contributed by atoms with Crippen LogP contribution in [0.3, 0.4) is 0 Å². The molecule has 0 radical (unpaired) electrons. The van der Waals surface area contributed by atoms with Crippen molar-refractivity contribution in [2.75, 3.05) is 18.6 Å². The van der Waals surface area contributed by atoms with Crippen LogP contribution in [-0.2, 0) is 17.6 Å². The van der Waals surface area contributed by atoms with Crippen molar-refractivity contribution in [2.45, 2.75) is 53.9 Å². The first kappa shape index (κ1) is 26.8. The van der Waals surface area contributed by atoms with Gasteiger partial charge in [-0.1, -0.05) is 44.2 Å². The number of anilines is 1. The van der Waals surface area contributed by atoms with Crippen LogP contribution in [-0.4, -0.2) is 40.7 Å². The minimum atomic E-state index is -0.505. The number of amides is 1. The molecule has 0 saturated carbocycles. The predicted octanol–water partition coefficient (Wildman–Crippen LogP) is 4.13. The summed E-state index contributed by atoms with van der Waals surface area (Å²) in [4.78, 5) is 12.2. The van der Waals surface area contributed by atoms with Gasteiger partial charge in [-0.15, -0.1) is 0 Å². The number of para-hydroxylation sites is 1. The highest BCUT2D eigenvalue weighted by Gasteiger charge is 2.14. The average Bonchev–Trinajstić information content (AvgIpc) is 2.77. The van der Waals surface area contributed by atoms with Gasteiger partial charge in [0.2, 0.25) is 0 Å². The highest BCUT2D eigenvalue weighted by Crippen LogP contribution is 2.29. The van der Waals surface area contributed by atoms with E-state index >= 15 is 0 Å².